The predicted octanol–water partition coefficient (Wildman–Crippen LogP) is 2.16. The fourth-order valence-corrected chi connectivity index (χ4v) is 3.77. The normalized spacial score (nSPS) is 12.7. The zero-order valence-corrected chi connectivity index (χ0v) is 14.7. The number of alkyl halides is 3. The zero-order chi connectivity index (χ0) is 19.8. The average molecular weight is 410 g/mol. The standard InChI is InChI=1S/C14H13F3N2O5S2/c1-24-12-7-4-10(8-13(12)25(18,20)21)19-26(22,23)11-5-2-9(3-6-11)14(15,16)17/h2-8,19H,1H3,(H2,18,20,21). The molecule has 0 fully saturated rings. The molecule has 0 aliphatic rings. The number of hydrogen-bond donors (Lipinski definition) is 2. The number of sulfonamides is 2. The Kier molecular flexibility index (Phi) is 5.21. The molecule has 0 bridgehead atoms. The lowest BCUT2D eigenvalue weighted by Gasteiger charge is -2.12. The molecule has 0 atom stereocenters. The summed E-state index contributed by atoms with van der Waals surface area (Å²) in [5, 5.41) is 5.04. The van der Waals surface area contributed by atoms with Crippen LogP contribution in [0.15, 0.2) is 52.3 Å². The maximum atomic E-state index is 12.5. The van der Waals surface area contributed by atoms with Crippen LogP contribution in [0.3, 0.4) is 0 Å². The maximum Gasteiger partial charge on any atom is 0.416 e. The second-order valence-electron chi connectivity index (χ2n) is 5.04. The Balaban J connectivity index is 2.38. The quantitative estimate of drug-likeness (QED) is 0.784. The van der Waals surface area contributed by atoms with Gasteiger partial charge in [0.05, 0.1) is 23.3 Å². The molecule has 0 saturated carbocycles. The first-order valence-corrected chi connectivity index (χ1v) is 9.78. The molecular weight excluding hydrogens is 397 g/mol. The summed E-state index contributed by atoms with van der Waals surface area (Å²) in [5.74, 6) is -0.0926. The highest BCUT2D eigenvalue weighted by molar-refractivity contribution is 7.92. The summed E-state index contributed by atoms with van der Waals surface area (Å²) in [6, 6.07) is 6.16. The van der Waals surface area contributed by atoms with E-state index in [1.807, 2.05) is 0 Å². The number of nitrogens with two attached hydrogens (primary N) is 1. The molecule has 3 N–H and O–H groups in total. The minimum atomic E-state index is -4.60. The van der Waals surface area contributed by atoms with Gasteiger partial charge in [0.25, 0.3) is 10.0 Å². The molecule has 0 saturated heterocycles. The lowest BCUT2D eigenvalue weighted by atomic mass is 10.2. The van der Waals surface area contributed by atoms with Gasteiger partial charge in [0.2, 0.25) is 10.0 Å². The molecule has 2 aromatic rings. The summed E-state index contributed by atoms with van der Waals surface area (Å²) < 4.78 is 92.2. The number of hydrogen-bond acceptors (Lipinski definition) is 5. The molecule has 12 heteroatoms. The van der Waals surface area contributed by atoms with Gasteiger partial charge in [-0.3, -0.25) is 4.72 Å². The Bertz CT molecular complexity index is 1020. The van der Waals surface area contributed by atoms with Crippen LogP contribution in [-0.2, 0) is 26.2 Å². The van der Waals surface area contributed by atoms with Gasteiger partial charge in [-0.15, -0.1) is 0 Å². The van der Waals surface area contributed by atoms with Gasteiger partial charge in [-0.05, 0) is 42.5 Å². The third-order valence-electron chi connectivity index (χ3n) is 3.21. The van der Waals surface area contributed by atoms with Gasteiger partial charge >= 0.3 is 6.18 Å². The molecule has 142 valence electrons. The molecular formula is C14H13F3N2O5S2. The lowest BCUT2D eigenvalue weighted by molar-refractivity contribution is -0.137. The van der Waals surface area contributed by atoms with E-state index in [1.54, 1.807) is 0 Å². The zero-order valence-electron chi connectivity index (χ0n) is 13.1. The van der Waals surface area contributed by atoms with Crippen LogP contribution in [0.4, 0.5) is 18.9 Å². The SMILES string of the molecule is COc1ccc(NS(=O)(=O)c2ccc(C(F)(F)F)cc2)cc1S(N)(=O)=O. The third-order valence-corrected chi connectivity index (χ3v) is 5.54. The summed E-state index contributed by atoms with van der Waals surface area (Å²) in [7, 11) is -7.24. The molecule has 26 heavy (non-hydrogen) atoms. The molecule has 0 aliphatic heterocycles. The number of primary sulfonamides is 1. The molecule has 0 spiro atoms. The number of ether oxygens (including phenoxy) is 1. The first kappa shape index (κ1) is 20.0. The minimum Gasteiger partial charge on any atom is -0.495 e. The topological polar surface area (TPSA) is 116 Å². The minimum absolute atomic E-state index is 0.0926. The van der Waals surface area contributed by atoms with Crippen LogP contribution in [0.5, 0.6) is 5.75 Å². The van der Waals surface area contributed by atoms with Crippen LogP contribution in [-0.4, -0.2) is 23.9 Å². The first-order valence-electron chi connectivity index (χ1n) is 6.75. The van der Waals surface area contributed by atoms with Crippen molar-refractivity contribution in [3.05, 3.63) is 48.0 Å². The van der Waals surface area contributed by atoms with Crippen molar-refractivity contribution in [1.29, 1.82) is 0 Å². The molecule has 0 radical (unpaired) electrons. The van der Waals surface area contributed by atoms with E-state index in [1.165, 1.54) is 19.2 Å². The molecule has 7 nitrogen and oxygen atoms in total. The van der Waals surface area contributed by atoms with Crippen molar-refractivity contribution < 1.29 is 34.7 Å². The number of benzene rings is 2. The van der Waals surface area contributed by atoms with E-state index in [9.17, 15) is 30.0 Å². The Morgan fingerprint density at radius 1 is 1.00 bits per heavy atom. The second-order valence-corrected chi connectivity index (χ2v) is 8.25. The van der Waals surface area contributed by atoms with Crippen molar-refractivity contribution in [2.75, 3.05) is 11.8 Å². The van der Waals surface area contributed by atoms with Crippen molar-refractivity contribution in [3.63, 3.8) is 0 Å². The molecule has 2 aromatic carbocycles. The summed E-state index contributed by atoms with van der Waals surface area (Å²) in [4.78, 5) is -0.883. The van der Waals surface area contributed by atoms with Crippen LogP contribution in [0, 0.1) is 0 Å². The van der Waals surface area contributed by atoms with E-state index in [-0.39, 0.29) is 11.4 Å². The van der Waals surface area contributed by atoms with E-state index in [0.717, 1.165) is 18.2 Å². The summed E-state index contributed by atoms with van der Waals surface area (Å²) in [5.41, 5.74) is -1.16. The highest BCUT2D eigenvalue weighted by Gasteiger charge is 2.30. The predicted molar refractivity (Wildman–Crippen MR) is 86.6 cm³/mol. The van der Waals surface area contributed by atoms with Crippen LogP contribution >= 0.6 is 0 Å². The van der Waals surface area contributed by atoms with E-state index in [2.05, 4.69) is 4.72 Å². The highest BCUT2D eigenvalue weighted by Crippen LogP contribution is 2.31. The number of methoxy groups -OCH3 is 1. The van der Waals surface area contributed by atoms with Crippen LogP contribution < -0.4 is 14.6 Å². The summed E-state index contributed by atoms with van der Waals surface area (Å²) in [6.07, 6.45) is -4.60. The number of anilines is 1. The van der Waals surface area contributed by atoms with Gasteiger partial charge in [0.1, 0.15) is 10.6 Å². The molecule has 0 heterocycles. The van der Waals surface area contributed by atoms with Gasteiger partial charge < -0.3 is 4.74 Å². The molecule has 0 aromatic heterocycles. The van der Waals surface area contributed by atoms with Gasteiger partial charge in [-0.1, -0.05) is 0 Å². The van der Waals surface area contributed by atoms with Gasteiger partial charge in [0, 0.05) is 0 Å². The first-order chi connectivity index (χ1) is 11.8. The molecule has 0 unspecified atom stereocenters. The van der Waals surface area contributed by atoms with Crippen molar-refractivity contribution in [2.24, 2.45) is 5.14 Å². The summed E-state index contributed by atoms with van der Waals surface area (Å²) >= 11 is 0. The Labute approximate surface area is 147 Å². The van der Waals surface area contributed by atoms with Gasteiger partial charge in [-0.25, -0.2) is 22.0 Å². The van der Waals surface area contributed by atoms with Crippen LogP contribution in [0.1, 0.15) is 5.56 Å². The fourth-order valence-electron chi connectivity index (χ4n) is 2.00. The monoisotopic (exact) mass is 410 g/mol. The van der Waals surface area contributed by atoms with E-state index >= 15 is 0 Å². The Morgan fingerprint density at radius 2 is 1.58 bits per heavy atom. The van der Waals surface area contributed by atoms with Crippen molar-refractivity contribution in [2.45, 2.75) is 16.0 Å². The van der Waals surface area contributed by atoms with Crippen LogP contribution in [0.2, 0.25) is 0 Å². The van der Waals surface area contributed by atoms with Gasteiger partial charge in [-0.2, -0.15) is 13.2 Å². The molecule has 0 aliphatic carbocycles. The van der Waals surface area contributed by atoms with Crippen molar-refractivity contribution in [3.8, 4) is 5.75 Å². The number of nitrogens with one attached hydrogen (secondary N) is 1. The van der Waals surface area contributed by atoms with E-state index < -0.39 is 41.6 Å². The van der Waals surface area contributed by atoms with E-state index in [0.29, 0.717) is 12.1 Å². The number of halogens is 3. The smallest absolute Gasteiger partial charge is 0.416 e. The molecule has 2 rings (SSSR count). The number of rotatable bonds is 5. The van der Waals surface area contributed by atoms with Crippen molar-refractivity contribution >= 4 is 25.7 Å². The fraction of sp³-hybridized carbons (Fsp3) is 0.143. The van der Waals surface area contributed by atoms with Crippen molar-refractivity contribution in [1.82, 2.24) is 0 Å². The lowest BCUT2D eigenvalue weighted by Crippen LogP contribution is -2.16. The third kappa shape index (κ3) is 4.45. The van der Waals surface area contributed by atoms with E-state index in [4.69, 9.17) is 9.88 Å². The maximum absolute atomic E-state index is 12.5. The average Bonchev–Trinajstić information content (AvgIpc) is 2.53. The van der Waals surface area contributed by atoms with Crippen LogP contribution in [0.25, 0.3) is 0 Å². The second kappa shape index (κ2) is 6.78. The Hall–Kier alpha value is -2.31. The summed E-state index contributed by atoms with van der Waals surface area (Å²) in [6.45, 7) is 0. The molecule has 0 amide bonds. The van der Waals surface area contributed by atoms with Gasteiger partial charge in [0.15, 0.2) is 0 Å². The Morgan fingerprint density at radius 3 is 2.04 bits per heavy atom. The largest absolute Gasteiger partial charge is 0.495 e. The highest BCUT2D eigenvalue weighted by atomic mass is 32.2.